The van der Waals surface area contributed by atoms with E-state index in [9.17, 15) is 15.3 Å². The van der Waals surface area contributed by atoms with Gasteiger partial charge >= 0.3 is 0 Å². The number of para-hydroxylation sites is 4. The molecule has 3 N–H and O–H groups in total. The number of fused-ring (bicyclic) bond motifs is 8. The fourth-order valence-electron chi connectivity index (χ4n) is 6.34. The van der Waals surface area contributed by atoms with Gasteiger partial charge in [0.2, 0.25) is 0 Å². The Morgan fingerprint density at radius 2 is 0.727 bits per heavy atom. The summed E-state index contributed by atoms with van der Waals surface area (Å²) in [4.78, 5) is 0. The molecule has 0 radical (unpaired) electrons. The number of phenols is 3. The van der Waals surface area contributed by atoms with Crippen molar-refractivity contribution in [1.29, 1.82) is 0 Å². The summed E-state index contributed by atoms with van der Waals surface area (Å²) in [6, 6.07) is 23.6. The molecule has 0 unspecified atom stereocenters. The summed E-state index contributed by atoms with van der Waals surface area (Å²) in [7, 11) is 0. The van der Waals surface area contributed by atoms with Crippen molar-refractivity contribution in [2.45, 2.75) is 83.5 Å². The number of hydrogen-bond donors (Lipinski definition) is 4. The number of rotatable bonds is 12. The molecule has 0 fully saturated rings. The van der Waals surface area contributed by atoms with Crippen molar-refractivity contribution in [3.8, 4) is 23.0 Å². The first-order chi connectivity index (χ1) is 21.5. The molecule has 5 rings (SSSR count). The first-order valence-electron chi connectivity index (χ1n) is 16.3. The summed E-state index contributed by atoms with van der Waals surface area (Å²) in [5, 5.41) is 33.9. The Kier molecular flexibility index (Phi) is 11.5. The van der Waals surface area contributed by atoms with E-state index >= 15 is 0 Å². The molecule has 0 aromatic heterocycles. The zero-order valence-electron chi connectivity index (χ0n) is 25.7. The quantitative estimate of drug-likeness (QED) is 0.0839. The van der Waals surface area contributed by atoms with Gasteiger partial charge < -0.3 is 20.1 Å². The Bertz CT molecular complexity index is 1440. The summed E-state index contributed by atoms with van der Waals surface area (Å²) < 4.78 is 6.56. The predicted octanol–water partition coefficient (Wildman–Crippen LogP) is 9.30. The number of hydrogen-bond acceptors (Lipinski definition) is 5. The second kappa shape index (κ2) is 15.9. The highest BCUT2D eigenvalue weighted by molar-refractivity contribution is 7.80. The lowest BCUT2D eigenvalue weighted by Gasteiger charge is -2.19. The van der Waals surface area contributed by atoms with E-state index in [2.05, 4.69) is 24.8 Å². The van der Waals surface area contributed by atoms with Crippen LogP contribution in [0.25, 0.3) is 0 Å². The molecule has 4 nitrogen and oxygen atoms in total. The third-order valence-corrected chi connectivity index (χ3v) is 9.18. The van der Waals surface area contributed by atoms with E-state index in [4.69, 9.17) is 4.74 Å². The zero-order valence-corrected chi connectivity index (χ0v) is 26.6. The number of benzene rings is 4. The SMILES string of the molecule is Oc1c2cccc1Cc1cccc(c1O)Cc1cccc(c1OCCCCCCCCCCCS)Cc1cccc(c1O)C2. The molecule has 4 aromatic carbocycles. The molecule has 0 atom stereocenters. The maximum Gasteiger partial charge on any atom is 0.126 e. The smallest absolute Gasteiger partial charge is 0.126 e. The molecular weight excluding hydrogens is 564 g/mol. The molecule has 0 amide bonds. The van der Waals surface area contributed by atoms with Gasteiger partial charge in [-0.15, -0.1) is 0 Å². The van der Waals surface area contributed by atoms with Gasteiger partial charge in [-0.1, -0.05) is 118 Å². The second-order valence-electron chi connectivity index (χ2n) is 12.1. The van der Waals surface area contributed by atoms with E-state index in [0.29, 0.717) is 32.3 Å². The van der Waals surface area contributed by atoms with Gasteiger partial charge in [0, 0.05) is 25.7 Å². The predicted molar refractivity (Wildman–Crippen MR) is 183 cm³/mol. The Hall–Kier alpha value is -3.57. The highest BCUT2D eigenvalue weighted by Crippen LogP contribution is 2.37. The second-order valence-corrected chi connectivity index (χ2v) is 12.6. The van der Waals surface area contributed by atoms with Gasteiger partial charge in [0.25, 0.3) is 0 Å². The molecule has 0 heterocycles. The molecule has 0 spiro atoms. The van der Waals surface area contributed by atoms with Gasteiger partial charge in [-0.3, -0.25) is 0 Å². The molecule has 5 heteroatoms. The highest BCUT2D eigenvalue weighted by atomic mass is 32.1. The van der Waals surface area contributed by atoms with Crippen LogP contribution in [-0.2, 0) is 25.7 Å². The van der Waals surface area contributed by atoms with Gasteiger partial charge in [-0.2, -0.15) is 12.6 Å². The lowest BCUT2D eigenvalue weighted by atomic mass is 9.91. The molecule has 0 saturated carbocycles. The normalized spacial score (nSPS) is 12.7. The number of unbranched alkanes of at least 4 members (excludes halogenated alkanes) is 8. The van der Waals surface area contributed by atoms with Crippen LogP contribution in [0.2, 0.25) is 0 Å². The lowest BCUT2D eigenvalue weighted by molar-refractivity contribution is 0.299. The van der Waals surface area contributed by atoms with Gasteiger partial charge in [-0.05, 0) is 63.1 Å². The largest absolute Gasteiger partial charge is 0.507 e. The van der Waals surface area contributed by atoms with Crippen molar-refractivity contribution in [3.05, 3.63) is 117 Å². The molecule has 4 aromatic rings. The molecule has 0 aliphatic heterocycles. The van der Waals surface area contributed by atoms with E-state index in [0.717, 1.165) is 68.9 Å². The Morgan fingerprint density at radius 3 is 1.09 bits per heavy atom. The third kappa shape index (κ3) is 8.12. The van der Waals surface area contributed by atoms with Crippen molar-refractivity contribution in [3.63, 3.8) is 0 Å². The maximum absolute atomic E-state index is 11.4. The summed E-state index contributed by atoms with van der Waals surface area (Å²) in [6.07, 6.45) is 12.9. The summed E-state index contributed by atoms with van der Waals surface area (Å²) in [5.41, 5.74) is 6.72. The van der Waals surface area contributed by atoms with Crippen LogP contribution in [0, 0.1) is 0 Å². The third-order valence-electron chi connectivity index (χ3n) is 8.86. The fraction of sp³-hybridized carbons (Fsp3) is 0.385. The minimum atomic E-state index is 0.208. The van der Waals surface area contributed by atoms with E-state index in [1.54, 1.807) is 0 Å². The van der Waals surface area contributed by atoms with Crippen molar-refractivity contribution in [2.75, 3.05) is 12.4 Å². The number of thiol groups is 1. The van der Waals surface area contributed by atoms with Crippen LogP contribution in [0.1, 0.15) is 102 Å². The van der Waals surface area contributed by atoms with Gasteiger partial charge in [0.05, 0.1) is 6.61 Å². The van der Waals surface area contributed by atoms with Crippen LogP contribution < -0.4 is 4.74 Å². The van der Waals surface area contributed by atoms with Crippen LogP contribution >= 0.6 is 12.6 Å². The minimum Gasteiger partial charge on any atom is -0.507 e. The number of ether oxygens (including phenoxy) is 1. The van der Waals surface area contributed by atoms with Crippen molar-refractivity contribution in [1.82, 2.24) is 0 Å². The van der Waals surface area contributed by atoms with Crippen LogP contribution in [0.4, 0.5) is 0 Å². The van der Waals surface area contributed by atoms with Crippen molar-refractivity contribution >= 4 is 12.6 Å². The minimum absolute atomic E-state index is 0.208. The molecule has 8 bridgehead atoms. The first kappa shape index (κ1) is 31.8. The van der Waals surface area contributed by atoms with E-state index < -0.39 is 0 Å². The van der Waals surface area contributed by atoms with Crippen LogP contribution in [0.15, 0.2) is 72.8 Å². The Balaban J connectivity index is 1.39. The lowest BCUT2D eigenvalue weighted by Crippen LogP contribution is -2.06. The summed E-state index contributed by atoms with van der Waals surface area (Å²) >= 11 is 4.30. The monoisotopic (exact) mass is 610 g/mol. The Labute approximate surface area is 268 Å². The summed E-state index contributed by atoms with van der Waals surface area (Å²) in [5.74, 6) is 2.57. The average molecular weight is 611 g/mol. The summed E-state index contributed by atoms with van der Waals surface area (Å²) in [6.45, 7) is 0.637. The van der Waals surface area contributed by atoms with Crippen LogP contribution in [-0.4, -0.2) is 27.7 Å². The number of phenolic OH excluding ortho intramolecular Hbond substituents is 3. The number of aromatic hydroxyl groups is 3. The van der Waals surface area contributed by atoms with Gasteiger partial charge in [0.1, 0.15) is 23.0 Å². The fourth-order valence-corrected chi connectivity index (χ4v) is 6.56. The molecular formula is C39H46O4S. The topological polar surface area (TPSA) is 69.9 Å². The maximum atomic E-state index is 11.4. The standard InChI is InChI=1S/C39H46O4S/c40-36-28-14-10-15-29(36)25-31-17-12-19-33(38(31)42)27-35-21-13-20-34(26-32-18-11-16-30(24-28)37(32)41)39(35)43-22-8-6-4-2-1-3-5-7-9-23-44/h10-21,40-42,44H,1-9,22-27H2. The van der Waals surface area contributed by atoms with Crippen molar-refractivity contribution in [2.24, 2.45) is 0 Å². The average Bonchev–Trinajstić information content (AvgIpc) is 3.02. The molecule has 0 saturated heterocycles. The van der Waals surface area contributed by atoms with Crippen LogP contribution in [0.5, 0.6) is 23.0 Å². The van der Waals surface area contributed by atoms with E-state index in [1.807, 2.05) is 60.7 Å². The Morgan fingerprint density at radius 1 is 0.432 bits per heavy atom. The van der Waals surface area contributed by atoms with Crippen molar-refractivity contribution < 1.29 is 20.1 Å². The first-order valence-corrected chi connectivity index (χ1v) is 16.9. The highest BCUT2D eigenvalue weighted by Gasteiger charge is 2.19. The van der Waals surface area contributed by atoms with E-state index in [-0.39, 0.29) is 17.2 Å². The van der Waals surface area contributed by atoms with E-state index in [1.165, 1.54) is 44.9 Å². The molecule has 232 valence electrons. The van der Waals surface area contributed by atoms with Gasteiger partial charge in [0.15, 0.2) is 0 Å². The molecule has 1 aliphatic carbocycles. The van der Waals surface area contributed by atoms with Gasteiger partial charge in [-0.25, -0.2) is 0 Å². The van der Waals surface area contributed by atoms with Crippen LogP contribution in [0.3, 0.4) is 0 Å². The molecule has 1 aliphatic rings. The molecule has 44 heavy (non-hydrogen) atoms. The zero-order chi connectivity index (χ0) is 30.7.